The molecule has 0 bridgehead atoms. The Labute approximate surface area is 263 Å². The van der Waals surface area contributed by atoms with Crippen molar-refractivity contribution in [3.05, 3.63) is 178 Å². The van der Waals surface area contributed by atoms with Gasteiger partial charge in [0, 0.05) is 22.5 Å². The van der Waals surface area contributed by atoms with Crippen LogP contribution in [0.1, 0.15) is 33.5 Å². The van der Waals surface area contributed by atoms with E-state index >= 15 is 0 Å². The molecule has 0 radical (unpaired) electrons. The first kappa shape index (κ1) is 28.4. The molecule has 0 fully saturated rings. The monoisotopic (exact) mass is 614 g/mol. The van der Waals surface area contributed by atoms with Crippen molar-refractivity contribution in [3.63, 3.8) is 0 Å². The molecule has 1 aliphatic heterocycles. The lowest BCUT2D eigenvalue weighted by Gasteiger charge is -2.33. The van der Waals surface area contributed by atoms with Gasteiger partial charge in [0.15, 0.2) is 0 Å². The number of aryl methyl sites for hydroxylation is 1. The van der Waals surface area contributed by atoms with Crippen molar-refractivity contribution in [2.45, 2.75) is 23.8 Å². The van der Waals surface area contributed by atoms with Crippen molar-refractivity contribution in [2.75, 3.05) is 6.54 Å². The van der Waals surface area contributed by atoms with Gasteiger partial charge in [0.1, 0.15) is 5.54 Å². The maximum absolute atomic E-state index is 13.2. The molecule has 0 aliphatic carbocycles. The van der Waals surface area contributed by atoms with Crippen LogP contribution in [0.3, 0.4) is 0 Å². The van der Waals surface area contributed by atoms with Crippen molar-refractivity contribution in [1.29, 1.82) is 0 Å². The molecule has 1 N–H and O–H groups in total. The number of halogens is 1. The molecule has 0 saturated carbocycles. The minimum absolute atomic E-state index is 0.259. The van der Waals surface area contributed by atoms with E-state index < -0.39 is 15.6 Å². The van der Waals surface area contributed by atoms with Gasteiger partial charge in [0.25, 0.3) is 0 Å². The van der Waals surface area contributed by atoms with Crippen LogP contribution < -0.4 is 4.72 Å². The van der Waals surface area contributed by atoms with Gasteiger partial charge in [-0.1, -0.05) is 120 Å². The fourth-order valence-electron chi connectivity index (χ4n) is 6.49. The number of para-hydroxylation sites is 1. The van der Waals surface area contributed by atoms with Crippen LogP contribution in [0.2, 0.25) is 5.02 Å². The number of sulfonamides is 1. The van der Waals surface area contributed by atoms with Gasteiger partial charge in [-0.25, -0.2) is 13.1 Å². The number of nitrogens with one attached hydrogen (secondary N) is 1. The van der Waals surface area contributed by atoms with Crippen LogP contribution >= 0.6 is 11.6 Å². The van der Waals surface area contributed by atoms with Crippen LogP contribution in [0.15, 0.2) is 144 Å². The van der Waals surface area contributed by atoms with Crippen molar-refractivity contribution in [1.82, 2.24) is 9.29 Å². The molecule has 0 unspecified atom stereocenters. The van der Waals surface area contributed by atoms with E-state index in [0.717, 1.165) is 50.0 Å². The lowest BCUT2D eigenvalue weighted by atomic mass is 9.82. The van der Waals surface area contributed by atoms with E-state index in [1.807, 2.05) is 43.3 Å². The number of nitrogens with zero attached hydrogens (tertiary/aromatic N) is 1. The molecule has 218 valence electrons. The molecule has 0 saturated heterocycles. The van der Waals surface area contributed by atoms with Crippen LogP contribution in [0.4, 0.5) is 0 Å². The third kappa shape index (κ3) is 4.78. The summed E-state index contributed by atoms with van der Waals surface area (Å²) in [5, 5.41) is 1.78. The molecule has 7 rings (SSSR count). The number of aromatic nitrogens is 1. The van der Waals surface area contributed by atoms with Gasteiger partial charge in [-0.3, -0.25) is 0 Å². The van der Waals surface area contributed by atoms with Gasteiger partial charge in [0.2, 0.25) is 10.0 Å². The van der Waals surface area contributed by atoms with Crippen LogP contribution in [0.25, 0.3) is 16.5 Å². The van der Waals surface area contributed by atoms with Crippen LogP contribution in [0, 0.1) is 6.92 Å². The van der Waals surface area contributed by atoms with E-state index in [1.165, 1.54) is 0 Å². The zero-order chi connectivity index (χ0) is 30.3. The molecule has 0 amide bonds. The summed E-state index contributed by atoms with van der Waals surface area (Å²) < 4.78 is 31.7. The van der Waals surface area contributed by atoms with Crippen molar-refractivity contribution >= 4 is 38.1 Å². The van der Waals surface area contributed by atoms with Gasteiger partial charge in [-0.15, -0.1) is 0 Å². The predicted molar refractivity (Wildman–Crippen MR) is 180 cm³/mol. The average molecular weight is 615 g/mol. The average Bonchev–Trinajstić information content (AvgIpc) is 3.57. The molecule has 4 nitrogen and oxygen atoms in total. The highest BCUT2D eigenvalue weighted by Crippen LogP contribution is 2.51. The van der Waals surface area contributed by atoms with E-state index in [9.17, 15) is 8.42 Å². The first-order valence-electron chi connectivity index (χ1n) is 14.7. The second-order valence-electron chi connectivity index (χ2n) is 11.2. The number of hydrogen-bond donors (Lipinski definition) is 1. The second kappa shape index (κ2) is 11.3. The Kier molecular flexibility index (Phi) is 7.25. The van der Waals surface area contributed by atoms with Gasteiger partial charge in [-0.2, -0.15) is 0 Å². The molecular weight excluding hydrogens is 584 g/mol. The Hall–Kier alpha value is -4.42. The Morgan fingerprint density at radius 1 is 0.727 bits per heavy atom. The highest BCUT2D eigenvalue weighted by Gasteiger charge is 2.44. The Morgan fingerprint density at radius 3 is 1.95 bits per heavy atom. The van der Waals surface area contributed by atoms with E-state index in [-0.39, 0.29) is 11.4 Å². The molecule has 0 spiro atoms. The van der Waals surface area contributed by atoms with E-state index in [1.54, 1.807) is 12.1 Å². The zero-order valence-corrected chi connectivity index (χ0v) is 25.8. The smallest absolute Gasteiger partial charge is 0.240 e. The number of allylic oxidation sites excluding steroid dienone is 1. The largest absolute Gasteiger partial charge is 0.322 e. The Bertz CT molecular complexity index is 2060. The minimum Gasteiger partial charge on any atom is -0.322 e. The first-order chi connectivity index (χ1) is 21.4. The summed E-state index contributed by atoms with van der Waals surface area (Å²) in [5.74, 6) is 0. The molecule has 2 heterocycles. The van der Waals surface area contributed by atoms with Crippen LogP contribution in [0.5, 0.6) is 0 Å². The van der Waals surface area contributed by atoms with Gasteiger partial charge >= 0.3 is 0 Å². The maximum atomic E-state index is 13.2. The second-order valence-corrected chi connectivity index (χ2v) is 13.4. The molecule has 44 heavy (non-hydrogen) atoms. The number of fused-ring (bicyclic) bond motifs is 3. The molecule has 0 atom stereocenters. The van der Waals surface area contributed by atoms with Crippen molar-refractivity contribution in [2.24, 2.45) is 0 Å². The van der Waals surface area contributed by atoms with Gasteiger partial charge in [-0.05, 0) is 72.0 Å². The van der Waals surface area contributed by atoms with E-state index in [2.05, 4.69) is 100 Å². The summed E-state index contributed by atoms with van der Waals surface area (Å²) >= 11 is 6.34. The SMILES string of the molecule is Cc1ccc(S(=O)(=O)NCCc2c3n(c4ccccc24)C(c2ccccc2)(c2ccccc2)C=C3c2ccc(Cl)cc2)cc1. The summed E-state index contributed by atoms with van der Waals surface area (Å²) in [5.41, 5.74) is 8.07. The summed E-state index contributed by atoms with van der Waals surface area (Å²) in [4.78, 5) is 0.268. The van der Waals surface area contributed by atoms with E-state index in [4.69, 9.17) is 11.6 Å². The maximum Gasteiger partial charge on any atom is 0.240 e. The molecular formula is C38H31ClN2O2S. The normalized spacial score (nSPS) is 14.0. The van der Waals surface area contributed by atoms with Crippen LogP contribution in [-0.4, -0.2) is 19.5 Å². The molecule has 6 heteroatoms. The zero-order valence-electron chi connectivity index (χ0n) is 24.2. The molecule has 6 aromatic rings. The van der Waals surface area contributed by atoms with Crippen molar-refractivity contribution in [3.8, 4) is 0 Å². The van der Waals surface area contributed by atoms with Gasteiger partial charge in [0.05, 0.1) is 16.1 Å². The summed E-state index contributed by atoms with van der Waals surface area (Å²) in [6, 6.07) is 44.5. The first-order valence-corrected chi connectivity index (χ1v) is 16.5. The topological polar surface area (TPSA) is 51.1 Å². The quantitative estimate of drug-likeness (QED) is 0.187. The lowest BCUT2D eigenvalue weighted by Crippen LogP contribution is -2.32. The molecule has 5 aromatic carbocycles. The minimum atomic E-state index is -3.66. The summed E-state index contributed by atoms with van der Waals surface area (Å²) in [6.45, 7) is 2.20. The highest BCUT2D eigenvalue weighted by atomic mass is 35.5. The fourth-order valence-corrected chi connectivity index (χ4v) is 7.65. The van der Waals surface area contributed by atoms with Crippen molar-refractivity contribution < 1.29 is 8.42 Å². The Morgan fingerprint density at radius 2 is 1.32 bits per heavy atom. The number of rotatable bonds is 8. The third-order valence-corrected chi connectivity index (χ3v) is 10.3. The van der Waals surface area contributed by atoms with E-state index in [0.29, 0.717) is 11.4 Å². The predicted octanol–water partition coefficient (Wildman–Crippen LogP) is 8.36. The molecule has 1 aliphatic rings. The van der Waals surface area contributed by atoms with Gasteiger partial charge < -0.3 is 4.57 Å². The summed E-state index contributed by atoms with van der Waals surface area (Å²) in [6.07, 6.45) is 2.88. The lowest BCUT2D eigenvalue weighted by molar-refractivity contribution is 0.566. The van der Waals surface area contributed by atoms with Crippen LogP contribution in [-0.2, 0) is 22.0 Å². The number of benzene rings is 5. The number of hydrogen-bond acceptors (Lipinski definition) is 2. The standard InChI is InChI=1S/C38H31ClN2O2S/c1-27-16-22-32(23-17-27)44(42,43)40-25-24-34-33-14-8-9-15-36(33)41-37(34)35(28-18-20-31(39)21-19-28)26-38(41,29-10-4-2-5-11-29)30-12-6-3-7-13-30/h2-23,26,40H,24-25H2,1H3. The third-order valence-electron chi connectivity index (χ3n) is 8.52. The summed E-state index contributed by atoms with van der Waals surface area (Å²) in [7, 11) is -3.66. The molecule has 1 aromatic heterocycles. The Balaban J connectivity index is 1.44. The fraction of sp³-hybridized carbons (Fsp3) is 0.105. The highest BCUT2D eigenvalue weighted by molar-refractivity contribution is 7.89.